The van der Waals surface area contributed by atoms with Gasteiger partial charge in [0.05, 0.1) is 5.56 Å². The third kappa shape index (κ3) is 15.2. The Morgan fingerprint density at radius 2 is 1.16 bits per heavy atom. The summed E-state index contributed by atoms with van der Waals surface area (Å²) in [4.78, 5) is 21.9. The Labute approximate surface area is 194 Å². The molecule has 4 nitrogen and oxygen atoms in total. The molecule has 0 heterocycles. The summed E-state index contributed by atoms with van der Waals surface area (Å²) in [6.45, 7) is 2.56. The maximum absolute atomic E-state index is 11.6. The van der Waals surface area contributed by atoms with Crippen LogP contribution in [-0.2, 0) is 16.1 Å². The maximum Gasteiger partial charge on any atom is 0.338 e. The van der Waals surface area contributed by atoms with E-state index in [0.717, 1.165) is 18.4 Å². The van der Waals surface area contributed by atoms with Gasteiger partial charge in [0.2, 0.25) is 0 Å². The van der Waals surface area contributed by atoms with E-state index in [4.69, 9.17) is 9.84 Å². The summed E-state index contributed by atoms with van der Waals surface area (Å²) in [5.74, 6) is -0.944. The summed E-state index contributed by atoms with van der Waals surface area (Å²) in [5, 5.41) is 8.46. The third-order valence-electron chi connectivity index (χ3n) is 5.22. The normalized spacial score (nSPS) is 10.2. The number of carboxylic acids is 1. The minimum atomic E-state index is -0.657. The number of carbonyl (C=O) groups is 2. The van der Waals surface area contributed by atoms with E-state index < -0.39 is 5.97 Å². The Kier molecular flexibility index (Phi) is 16.4. The van der Waals surface area contributed by atoms with Crippen molar-refractivity contribution in [1.29, 1.82) is 0 Å². The SMILES string of the molecule is CCCCCCCCCCCCCC(=O)O.O=C(OCc1ccccc1)c1ccccc1. The first-order valence-corrected chi connectivity index (χ1v) is 12.1. The van der Waals surface area contributed by atoms with Crippen molar-refractivity contribution >= 4 is 11.9 Å². The van der Waals surface area contributed by atoms with Gasteiger partial charge in [-0.05, 0) is 24.1 Å². The number of benzene rings is 2. The second kappa shape index (κ2) is 19.1. The van der Waals surface area contributed by atoms with Crippen LogP contribution in [-0.4, -0.2) is 17.0 Å². The zero-order valence-electron chi connectivity index (χ0n) is 19.6. The number of hydrogen-bond acceptors (Lipinski definition) is 3. The monoisotopic (exact) mass is 440 g/mol. The van der Waals surface area contributed by atoms with Crippen molar-refractivity contribution in [2.24, 2.45) is 0 Å². The van der Waals surface area contributed by atoms with Crippen molar-refractivity contribution in [1.82, 2.24) is 0 Å². The lowest BCUT2D eigenvalue weighted by Crippen LogP contribution is -2.04. The highest BCUT2D eigenvalue weighted by Crippen LogP contribution is 2.11. The summed E-state index contributed by atoms with van der Waals surface area (Å²) in [6, 6.07) is 18.6. The molecule has 0 aliphatic rings. The molecule has 0 amide bonds. The Morgan fingerprint density at radius 3 is 1.66 bits per heavy atom. The molecule has 2 aromatic rings. The van der Waals surface area contributed by atoms with E-state index >= 15 is 0 Å². The van der Waals surface area contributed by atoms with Gasteiger partial charge in [0.25, 0.3) is 0 Å². The van der Waals surface area contributed by atoms with Gasteiger partial charge in [0.15, 0.2) is 0 Å². The lowest BCUT2D eigenvalue weighted by molar-refractivity contribution is -0.137. The fraction of sp³-hybridized carbons (Fsp3) is 0.500. The van der Waals surface area contributed by atoms with Gasteiger partial charge in [-0.2, -0.15) is 0 Å². The fourth-order valence-corrected chi connectivity index (χ4v) is 3.32. The van der Waals surface area contributed by atoms with Gasteiger partial charge in [-0.3, -0.25) is 4.79 Å². The van der Waals surface area contributed by atoms with E-state index in [1.807, 2.05) is 48.5 Å². The van der Waals surface area contributed by atoms with E-state index in [0.29, 0.717) is 18.6 Å². The number of carboxylic acid groups (broad SMARTS) is 1. The second-order valence-electron chi connectivity index (χ2n) is 8.11. The minimum Gasteiger partial charge on any atom is -0.481 e. The van der Waals surface area contributed by atoms with Crippen molar-refractivity contribution in [3.8, 4) is 0 Å². The summed E-state index contributed by atoms with van der Waals surface area (Å²) in [7, 11) is 0. The predicted molar refractivity (Wildman–Crippen MR) is 131 cm³/mol. The molecule has 176 valence electrons. The fourth-order valence-electron chi connectivity index (χ4n) is 3.32. The summed E-state index contributed by atoms with van der Waals surface area (Å²) >= 11 is 0. The molecule has 32 heavy (non-hydrogen) atoms. The first-order chi connectivity index (χ1) is 15.6. The molecule has 0 radical (unpaired) electrons. The molecule has 1 N–H and O–H groups in total. The topological polar surface area (TPSA) is 63.6 Å². The van der Waals surface area contributed by atoms with Crippen LogP contribution in [0.5, 0.6) is 0 Å². The average molecular weight is 441 g/mol. The molecule has 0 fully saturated rings. The van der Waals surface area contributed by atoms with Gasteiger partial charge in [0.1, 0.15) is 6.61 Å². The third-order valence-corrected chi connectivity index (χ3v) is 5.22. The van der Waals surface area contributed by atoms with Crippen LogP contribution in [0.1, 0.15) is 99.9 Å². The highest BCUT2D eigenvalue weighted by Gasteiger charge is 2.05. The molecule has 2 rings (SSSR count). The molecular formula is C28H40O4. The first-order valence-electron chi connectivity index (χ1n) is 12.1. The predicted octanol–water partition coefficient (Wildman–Crippen LogP) is 7.82. The van der Waals surface area contributed by atoms with E-state index in [1.54, 1.807) is 12.1 Å². The van der Waals surface area contributed by atoms with E-state index in [9.17, 15) is 9.59 Å². The number of aliphatic carboxylic acids is 1. The molecule has 0 spiro atoms. The van der Waals surface area contributed by atoms with Crippen molar-refractivity contribution in [3.63, 3.8) is 0 Å². The molecule has 0 saturated carbocycles. The highest BCUT2D eigenvalue weighted by atomic mass is 16.5. The number of hydrogen-bond donors (Lipinski definition) is 1. The van der Waals surface area contributed by atoms with Crippen LogP contribution in [0.3, 0.4) is 0 Å². The zero-order valence-corrected chi connectivity index (χ0v) is 19.6. The van der Waals surface area contributed by atoms with Gasteiger partial charge >= 0.3 is 11.9 Å². The van der Waals surface area contributed by atoms with Crippen LogP contribution in [0, 0.1) is 0 Å². The van der Waals surface area contributed by atoms with Crippen LogP contribution in [0.15, 0.2) is 60.7 Å². The Hall–Kier alpha value is -2.62. The highest BCUT2D eigenvalue weighted by molar-refractivity contribution is 5.89. The van der Waals surface area contributed by atoms with Gasteiger partial charge in [-0.1, -0.05) is 120 Å². The largest absolute Gasteiger partial charge is 0.481 e. The van der Waals surface area contributed by atoms with Crippen molar-refractivity contribution in [2.75, 3.05) is 0 Å². The molecule has 2 aromatic carbocycles. The summed E-state index contributed by atoms with van der Waals surface area (Å²) in [5.41, 5.74) is 1.57. The number of carbonyl (C=O) groups excluding carboxylic acids is 1. The van der Waals surface area contributed by atoms with Gasteiger partial charge in [-0.25, -0.2) is 4.79 Å². The molecule has 0 aromatic heterocycles. The minimum absolute atomic E-state index is 0.288. The van der Waals surface area contributed by atoms with Crippen LogP contribution >= 0.6 is 0 Å². The van der Waals surface area contributed by atoms with Crippen molar-refractivity contribution in [3.05, 3.63) is 71.8 Å². The number of rotatable bonds is 15. The lowest BCUT2D eigenvalue weighted by Gasteiger charge is -2.04. The van der Waals surface area contributed by atoms with E-state index in [-0.39, 0.29) is 5.97 Å². The van der Waals surface area contributed by atoms with Gasteiger partial charge in [0, 0.05) is 6.42 Å². The van der Waals surface area contributed by atoms with E-state index in [2.05, 4.69) is 6.92 Å². The number of ether oxygens (including phenoxy) is 1. The quantitative estimate of drug-likeness (QED) is 0.226. The van der Waals surface area contributed by atoms with Gasteiger partial charge in [-0.15, -0.1) is 0 Å². The average Bonchev–Trinajstić information content (AvgIpc) is 2.82. The van der Waals surface area contributed by atoms with Crippen LogP contribution in [0.25, 0.3) is 0 Å². The van der Waals surface area contributed by atoms with Crippen molar-refractivity contribution < 1.29 is 19.4 Å². The molecule has 0 aliphatic carbocycles. The zero-order chi connectivity index (χ0) is 23.3. The Balaban J connectivity index is 0.000000320. The summed E-state index contributed by atoms with van der Waals surface area (Å²) < 4.78 is 5.18. The number of unbranched alkanes of at least 4 members (excludes halogenated alkanes) is 10. The van der Waals surface area contributed by atoms with Gasteiger partial charge < -0.3 is 9.84 Å². The van der Waals surface area contributed by atoms with Crippen LogP contribution < -0.4 is 0 Å². The van der Waals surface area contributed by atoms with Crippen molar-refractivity contribution in [2.45, 2.75) is 90.6 Å². The molecular weight excluding hydrogens is 400 g/mol. The Morgan fingerprint density at radius 1 is 0.688 bits per heavy atom. The standard InChI is InChI=1S/C14H12O2.C14H28O2/c15-14(13-9-5-2-6-10-13)16-11-12-7-3-1-4-8-12;1-2-3-4-5-6-7-8-9-10-11-12-13-14(15)16/h1-10H,11H2;2-13H2,1H3,(H,15,16). The van der Waals surface area contributed by atoms with E-state index in [1.165, 1.54) is 57.8 Å². The second-order valence-corrected chi connectivity index (χ2v) is 8.11. The molecule has 0 atom stereocenters. The molecule has 0 saturated heterocycles. The molecule has 4 heteroatoms. The first kappa shape index (κ1) is 27.4. The summed E-state index contributed by atoms with van der Waals surface area (Å²) in [6.07, 6.45) is 14.4. The lowest BCUT2D eigenvalue weighted by atomic mass is 10.1. The maximum atomic E-state index is 11.6. The molecule has 0 unspecified atom stereocenters. The number of esters is 1. The van der Waals surface area contributed by atoms with Crippen LogP contribution in [0.2, 0.25) is 0 Å². The Bertz CT molecular complexity index is 713. The van der Waals surface area contributed by atoms with Crippen LogP contribution in [0.4, 0.5) is 0 Å². The molecule has 0 aliphatic heterocycles. The smallest absolute Gasteiger partial charge is 0.338 e. The molecule has 0 bridgehead atoms.